The zero-order valence-corrected chi connectivity index (χ0v) is 39.5. The van der Waals surface area contributed by atoms with Crippen molar-refractivity contribution in [2.45, 2.75) is 39.9 Å². The van der Waals surface area contributed by atoms with Gasteiger partial charge in [0.25, 0.3) is 0 Å². The van der Waals surface area contributed by atoms with E-state index in [1.807, 2.05) is 106 Å². The molecule has 1 aliphatic heterocycles. The Morgan fingerprint density at radius 1 is 0.676 bits per heavy atom. The molecule has 0 bridgehead atoms. The van der Waals surface area contributed by atoms with Gasteiger partial charge in [0.15, 0.2) is 0 Å². The number of pyridine rings is 1. The maximum atomic E-state index is 9.07. The smallest absolute Gasteiger partial charge is 0.175 e. The minimum atomic E-state index is -2.66. The van der Waals surface area contributed by atoms with Crippen molar-refractivity contribution < 1.29 is 39.2 Å². The number of para-hydroxylation sites is 4. The third-order valence-corrected chi connectivity index (χ3v) is 13.1. The van der Waals surface area contributed by atoms with Crippen molar-refractivity contribution >= 4 is 46.4 Å². The summed E-state index contributed by atoms with van der Waals surface area (Å²) in [5, 5.41) is 0. The fourth-order valence-electron chi connectivity index (χ4n) is 8.96. The standard InChI is InChI=1S/C60H48BN5O.Pt/c1-42-38-50(44-20-9-6-10-21-44)59(51(39-42)45-33-35-46(36-34-45)60(3,4)5)64-41-63(52-26-15-16-27-53(52)64)49-37-32-43(2)56(40-49)67-58-31-19-30-57(62-58)66-55-29-18-17-28-54(55)65(48-24-13-8-14-25-48)61(66)47-22-11-7-12-23-47;/h6-28,30-39H,1-5H3;/q-2;/i1D3,2D3,8D,13D,14D,24D,25D;. The molecule has 0 unspecified atom stereocenters. The van der Waals surface area contributed by atoms with Crippen molar-refractivity contribution in [2.75, 3.05) is 9.62 Å². The van der Waals surface area contributed by atoms with Gasteiger partial charge in [-0.2, -0.15) is 12.1 Å². The number of aryl methyl sites for hydroxylation is 2. The van der Waals surface area contributed by atoms with Gasteiger partial charge in [-0.25, -0.2) is 0 Å². The normalized spacial score (nSPS) is 15.2. The van der Waals surface area contributed by atoms with Crippen molar-refractivity contribution in [1.29, 1.82) is 0 Å². The quantitative estimate of drug-likeness (QED) is 0.107. The van der Waals surface area contributed by atoms with Crippen LogP contribution >= 0.6 is 0 Å². The van der Waals surface area contributed by atoms with Crippen LogP contribution in [0.5, 0.6) is 11.6 Å². The van der Waals surface area contributed by atoms with Gasteiger partial charge >= 0.3 is 336 Å². The van der Waals surface area contributed by atoms with Gasteiger partial charge in [-0.1, -0.05) is 48.5 Å². The number of anilines is 4. The van der Waals surface area contributed by atoms with Crippen LogP contribution in [0.3, 0.4) is 0 Å². The topological polar surface area (TPSA) is 38.5 Å². The van der Waals surface area contributed by atoms with Crippen molar-refractivity contribution in [3.8, 4) is 45.3 Å². The second kappa shape index (κ2) is 17.6. The Labute approximate surface area is 425 Å². The fourth-order valence-corrected chi connectivity index (χ4v) is 10.0. The molecule has 1 aliphatic rings. The summed E-state index contributed by atoms with van der Waals surface area (Å²) in [5.41, 5.74) is 8.44. The van der Waals surface area contributed by atoms with Crippen LogP contribution in [-0.2, 0) is 24.8 Å². The van der Waals surface area contributed by atoms with Crippen LogP contribution in [0, 0.1) is 29.6 Å². The summed E-state index contributed by atoms with van der Waals surface area (Å²) in [5.74, 6) is 0.238. The third kappa shape index (κ3) is 7.81. The van der Waals surface area contributed by atoms with Crippen LogP contribution in [0.1, 0.15) is 52.5 Å². The first-order valence-electron chi connectivity index (χ1n) is 27.6. The number of hydrogen-bond acceptors (Lipinski definition) is 4. The predicted octanol–water partition coefficient (Wildman–Crippen LogP) is 14.2. The predicted molar refractivity (Wildman–Crippen MR) is 276 cm³/mol. The van der Waals surface area contributed by atoms with Crippen LogP contribution in [0.4, 0.5) is 22.9 Å². The number of imidazole rings is 1. The van der Waals surface area contributed by atoms with Crippen molar-refractivity contribution in [3.63, 3.8) is 0 Å². The molecule has 11 rings (SSSR count). The van der Waals surface area contributed by atoms with Gasteiger partial charge in [-0.05, 0) is 12.1 Å². The molecular formula is C60H48BN5OPt-2. The number of hydrogen-bond donors (Lipinski definition) is 0. The Morgan fingerprint density at radius 2 is 1.37 bits per heavy atom. The molecular weight excluding hydrogens is 1010 g/mol. The van der Waals surface area contributed by atoms with Crippen molar-refractivity contribution in [3.05, 3.63) is 233 Å². The summed E-state index contributed by atoms with van der Waals surface area (Å²) in [4.78, 5) is 8.55. The van der Waals surface area contributed by atoms with E-state index < -0.39 is 38.8 Å². The second-order valence-electron chi connectivity index (χ2n) is 17.4. The number of nitrogens with zero attached hydrogens (tertiary/aromatic N) is 5. The molecule has 0 spiro atoms. The molecule has 0 amide bonds. The van der Waals surface area contributed by atoms with Gasteiger partial charge in [0.1, 0.15) is 0 Å². The van der Waals surface area contributed by atoms with Crippen molar-refractivity contribution in [1.82, 2.24) is 14.1 Å². The second-order valence-corrected chi connectivity index (χ2v) is 18.5. The number of benzene rings is 8. The van der Waals surface area contributed by atoms with Crippen LogP contribution in [-0.4, -0.2) is 21.1 Å². The molecule has 334 valence electrons. The molecule has 3 heterocycles. The van der Waals surface area contributed by atoms with E-state index in [1.54, 1.807) is 59.4 Å². The molecule has 8 heteroatoms. The van der Waals surface area contributed by atoms with E-state index in [0.717, 1.165) is 33.4 Å². The molecule has 0 fully saturated rings. The van der Waals surface area contributed by atoms with Crippen LogP contribution in [0.15, 0.2) is 200 Å². The first-order valence-corrected chi connectivity index (χ1v) is 23.2. The van der Waals surface area contributed by atoms with E-state index in [2.05, 4.69) is 69.0 Å². The minimum absolute atomic E-state index is 0.0215. The zero-order chi connectivity index (χ0) is 55.9. The summed E-state index contributed by atoms with van der Waals surface area (Å²) in [6, 6.07) is 56.6. The molecule has 0 saturated carbocycles. The van der Waals surface area contributed by atoms with Gasteiger partial charge in [0, 0.05) is 5.69 Å². The van der Waals surface area contributed by atoms with Crippen LogP contribution in [0.2, 0.25) is 0 Å². The molecule has 0 radical (unpaired) electrons. The zero-order valence-electron chi connectivity index (χ0n) is 48.2. The number of ether oxygens (including phenoxy) is 1. The van der Waals surface area contributed by atoms with E-state index in [0.29, 0.717) is 43.3 Å². The SMILES string of the molecule is [2H]c1c([2H])c([2H])c(N2B(c3ccccc3)N(c3cccc(Oc4[c-]c(-n5[c](=[Pt])n(-c6c(-c7ccccc7)cc(C([2H])([2H])[2H])cc6-c6ccc(C(C)(C)C)cc6)c6ccccc65)ccc4C([2H])([2H])[2H])n3)c3[c-]cccc32)c([2H])c1[2H]. The number of aromatic nitrogens is 3. The molecule has 2 aromatic heterocycles. The first-order chi connectivity index (χ1) is 37.6. The van der Waals surface area contributed by atoms with Crippen LogP contribution in [0.25, 0.3) is 44.7 Å². The average Bonchev–Trinajstić information content (AvgIpc) is 4.17. The summed E-state index contributed by atoms with van der Waals surface area (Å²) in [6.07, 6.45) is 0. The molecule has 0 N–H and O–H groups in total. The van der Waals surface area contributed by atoms with E-state index in [-0.39, 0.29) is 45.9 Å². The van der Waals surface area contributed by atoms with E-state index in [1.165, 1.54) is 6.07 Å². The number of rotatable bonds is 9. The van der Waals surface area contributed by atoms with Gasteiger partial charge in [0.05, 0.1) is 6.85 Å². The van der Waals surface area contributed by atoms with E-state index in [9.17, 15) is 0 Å². The van der Waals surface area contributed by atoms with Crippen molar-refractivity contribution in [2.24, 2.45) is 0 Å². The molecule has 0 atom stereocenters. The van der Waals surface area contributed by atoms with E-state index >= 15 is 0 Å². The third-order valence-electron chi connectivity index (χ3n) is 12.1. The molecule has 0 aliphatic carbocycles. The average molecular weight is 1070 g/mol. The Bertz CT molecular complexity index is 4040. The molecule has 6 nitrogen and oxygen atoms in total. The van der Waals surface area contributed by atoms with Gasteiger partial charge in [-0.15, -0.1) is 6.07 Å². The maximum absolute atomic E-state index is 9.07. The summed E-state index contributed by atoms with van der Waals surface area (Å²) in [7, 11) is 0. The Hall–Kier alpha value is -7.47. The monoisotopic (exact) mass is 1070 g/mol. The van der Waals surface area contributed by atoms with Gasteiger partial charge < -0.3 is 0 Å². The fraction of sp³-hybridized carbons (Fsp3) is 0.100. The van der Waals surface area contributed by atoms with Gasteiger partial charge in [-0.3, -0.25) is 0 Å². The Kier molecular flexibility index (Phi) is 8.37. The molecule has 8 aromatic carbocycles. The Morgan fingerprint density at radius 3 is 2.07 bits per heavy atom. The summed E-state index contributed by atoms with van der Waals surface area (Å²) in [6.45, 7) is 0.499. The van der Waals surface area contributed by atoms with E-state index in [4.69, 9.17) is 24.8 Å². The molecule has 68 heavy (non-hydrogen) atoms. The van der Waals surface area contributed by atoms with Crippen LogP contribution < -0.4 is 19.8 Å². The summed E-state index contributed by atoms with van der Waals surface area (Å²) < 4.78 is 107. The first kappa shape index (κ1) is 32.3. The molecule has 10 aromatic rings. The molecule has 0 saturated heterocycles. The Balaban J connectivity index is 1.08. The van der Waals surface area contributed by atoms with Gasteiger partial charge in [0.2, 0.25) is 0 Å². The minimum Gasteiger partial charge on any atom is -0.175 e. The number of fused-ring (bicyclic) bond motifs is 2. The summed E-state index contributed by atoms with van der Waals surface area (Å²) >= 11 is 2.26.